The van der Waals surface area contributed by atoms with E-state index in [1.54, 1.807) is 0 Å². The van der Waals surface area contributed by atoms with Gasteiger partial charge in [-0.3, -0.25) is 0 Å². The van der Waals surface area contributed by atoms with E-state index < -0.39 is 5.97 Å². The number of nitrogens with two attached hydrogens (primary N) is 1. The van der Waals surface area contributed by atoms with Gasteiger partial charge in [-0.25, -0.2) is 4.79 Å². The van der Waals surface area contributed by atoms with Crippen LogP contribution in [0.2, 0.25) is 0 Å². The summed E-state index contributed by atoms with van der Waals surface area (Å²) in [7, 11) is 0. The van der Waals surface area contributed by atoms with Crippen molar-refractivity contribution in [1.82, 2.24) is 4.37 Å². The van der Waals surface area contributed by atoms with Gasteiger partial charge in [0, 0.05) is 5.56 Å². The summed E-state index contributed by atoms with van der Waals surface area (Å²) in [4.78, 5) is 11.2. The minimum absolute atomic E-state index is 0.0634. The minimum atomic E-state index is -1.03. The lowest BCUT2D eigenvalue weighted by atomic mass is 9.83. The molecule has 0 fully saturated rings. The summed E-state index contributed by atoms with van der Waals surface area (Å²) < 4.78 is 4.26. The maximum atomic E-state index is 11.1. The smallest absolute Gasteiger partial charge is 0.349 e. The lowest BCUT2D eigenvalue weighted by Gasteiger charge is -2.22. The predicted molar refractivity (Wildman–Crippen MR) is 87.1 cm³/mol. The number of carboxylic acids is 1. The molecule has 1 heterocycles. The van der Waals surface area contributed by atoms with Crippen LogP contribution in [0, 0.1) is 13.8 Å². The molecule has 0 unspecified atom stereocenters. The number of nitrogen functional groups attached to an aromatic ring is 1. The second kappa shape index (κ2) is 5.15. The van der Waals surface area contributed by atoms with Crippen molar-refractivity contribution in [2.24, 2.45) is 0 Å². The predicted octanol–water partition coefficient (Wildman–Crippen LogP) is 4.00. The van der Waals surface area contributed by atoms with E-state index >= 15 is 0 Å². The maximum Gasteiger partial charge on any atom is 0.349 e. The van der Waals surface area contributed by atoms with Gasteiger partial charge in [0.05, 0.1) is 5.69 Å². The number of hydrogen-bond donors (Lipinski definition) is 2. The number of rotatable bonds is 2. The first-order valence-corrected chi connectivity index (χ1v) is 7.50. The Bertz CT molecular complexity index is 689. The molecular weight excluding hydrogens is 284 g/mol. The van der Waals surface area contributed by atoms with Gasteiger partial charge in [-0.05, 0) is 47.5 Å². The van der Waals surface area contributed by atoms with E-state index in [-0.39, 0.29) is 16.0 Å². The van der Waals surface area contributed by atoms with Gasteiger partial charge in [-0.1, -0.05) is 32.9 Å². The van der Waals surface area contributed by atoms with E-state index in [4.69, 9.17) is 10.8 Å². The van der Waals surface area contributed by atoms with Crippen molar-refractivity contribution in [3.8, 4) is 11.3 Å². The largest absolute Gasteiger partial charge is 0.477 e. The zero-order valence-corrected chi connectivity index (χ0v) is 13.8. The Morgan fingerprint density at radius 1 is 1.24 bits per heavy atom. The van der Waals surface area contributed by atoms with Crippen LogP contribution in [0.5, 0.6) is 0 Å². The summed E-state index contributed by atoms with van der Waals surface area (Å²) in [6, 6.07) is 4.25. The molecule has 2 aromatic rings. The molecule has 21 heavy (non-hydrogen) atoms. The van der Waals surface area contributed by atoms with Crippen molar-refractivity contribution >= 4 is 23.2 Å². The Balaban J connectivity index is 2.63. The number of carboxylic acid groups (broad SMARTS) is 1. The number of nitrogens with zero attached hydrogens (tertiary/aromatic N) is 1. The second-order valence-corrected chi connectivity index (χ2v) is 7.09. The molecule has 0 spiro atoms. The van der Waals surface area contributed by atoms with Crippen molar-refractivity contribution in [2.45, 2.75) is 40.0 Å². The number of aromatic nitrogens is 1. The summed E-state index contributed by atoms with van der Waals surface area (Å²) in [6.07, 6.45) is 0. The summed E-state index contributed by atoms with van der Waals surface area (Å²) in [5.74, 6) is -1.03. The van der Waals surface area contributed by atoms with E-state index in [0.717, 1.165) is 28.2 Å². The standard InChI is InChI=1S/C16H20N2O2S/c1-8-6-10(16(3,4)5)7-9(2)11(8)13-12(17)14(15(19)20)21-18-13/h6-7H,17H2,1-5H3,(H,19,20). The van der Waals surface area contributed by atoms with Gasteiger partial charge in [0.25, 0.3) is 0 Å². The first-order valence-electron chi connectivity index (χ1n) is 6.73. The number of hydrogen-bond acceptors (Lipinski definition) is 4. The molecule has 0 amide bonds. The molecule has 0 saturated carbocycles. The fourth-order valence-corrected chi connectivity index (χ4v) is 3.05. The van der Waals surface area contributed by atoms with Crippen molar-refractivity contribution in [2.75, 3.05) is 5.73 Å². The van der Waals surface area contributed by atoms with E-state index in [9.17, 15) is 4.79 Å². The molecule has 112 valence electrons. The molecular formula is C16H20N2O2S. The molecule has 2 rings (SSSR count). The third-order valence-electron chi connectivity index (χ3n) is 3.56. The van der Waals surface area contributed by atoms with Gasteiger partial charge in [0.2, 0.25) is 0 Å². The van der Waals surface area contributed by atoms with Crippen LogP contribution in [0.15, 0.2) is 12.1 Å². The Labute approximate surface area is 128 Å². The molecule has 3 N–H and O–H groups in total. The molecule has 0 aliphatic carbocycles. The van der Waals surface area contributed by atoms with Crippen molar-refractivity contribution in [3.63, 3.8) is 0 Å². The van der Waals surface area contributed by atoms with Crippen LogP contribution in [0.4, 0.5) is 5.69 Å². The highest BCUT2D eigenvalue weighted by molar-refractivity contribution is 7.09. The average Bonchev–Trinajstić information content (AvgIpc) is 2.69. The minimum Gasteiger partial charge on any atom is -0.477 e. The van der Waals surface area contributed by atoms with E-state index in [2.05, 4.69) is 37.3 Å². The van der Waals surface area contributed by atoms with Gasteiger partial charge in [-0.2, -0.15) is 4.37 Å². The second-order valence-electron chi connectivity index (χ2n) is 6.31. The summed E-state index contributed by atoms with van der Waals surface area (Å²) >= 11 is 0.932. The number of aromatic carboxylic acids is 1. The third kappa shape index (κ3) is 2.78. The molecule has 1 aromatic carbocycles. The lowest BCUT2D eigenvalue weighted by molar-refractivity contribution is 0.0703. The summed E-state index contributed by atoms with van der Waals surface area (Å²) in [5.41, 5.74) is 11.2. The summed E-state index contributed by atoms with van der Waals surface area (Å²) in [6.45, 7) is 10.5. The third-order valence-corrected chi connectivity index (χ3v) is 4.41. The monoisotopic (exact) mass is 304 g/mol. The number of anilines is 1. The lowest BCUT2D eigenvalue weighted by Crippen LogP contribution is -2.12. The molecule has 5 heteroatoms. The van der Waals surface area contributed by atoms with Gasteiger partial charge in [0.1, 0.15) is 5.69 Å². The fraction of sp³-hybridized carbons (Fsp3) is 0.375. The molecule has 0 aliphatic rings. The van der Waals surface area contributed by atoms with Crippen LogP contribution in [0.25, 0.3) is 11.3 Å². The molecule has 0 saturated heterocycles. The molecule has 4 nitrogen and oxygen atoms in total. The molecule has 1 aromatic heterocycles. The van der Waals surface area contributed by atoms with Crippen LogP contribution >= 0.6 is 11.5 Å². The highest BCUT2D eigenvalue weighted by Gasteiger charge is 2.22. The average molecular weight is 304 g/mol. The highest BCUT2D eigenvalue weighted by atomic mass is 32.1. The molecule has 0 radical (unpaired) electrons. The van der Waals surface area contributed by atoms with Crippen molar-refractivity contribution < 1.29 is 9.90 Å². The van der Waals surface area contributed by atoms with E-state index in [1.807, 2.05) is 13.8 Å². The van der Waals surface area contributed by atoms with Gasteiger partial charge in [0.15, 0.2) is 4.88 Å². The normalized spacial score (nSPS) is 11.7. The van der Waals surface area contributed by atoms with Crippen LogP contribution in [0.1, 0.15) is 47.1 Å². The topological polar surface area (TPSA) is 76.2 Å². The number of benzene rings is 1. The summed E-state index contributed by atoms with van der Waals surface area (Å²) in [5, 5.41) is 9.11. The van der Waals surface area contributed by atoms with Crippen LogP contribution in [-0.2, 0) is 5.41 Å². The van der Waals surface area contributed by atoms with Gasteiger partial charge < -0.3 is 10.8 Å². The van der Waals surface area contributed by atoms with Gasteiger partial charge in [-0.15, -0.1) is 0 Å². The van der Waals surface area contributed by atoms with Crippen LogP contribution in [-0.4, -0.2) is 15.4 Å². The Hall–Kier alpha value is -1.88. The first kappa shape index (κ1) is 15.5. The van der Waals surface area contributed by atoms with Gasteiger partial charge >= 0.3 is 5.97 Å². The molecule has 0 bridgehead atoms. The first-order chi connectivity index (χ1) is 9.62. The van der Waals surface area contributed by atoms with Crippen LogP contribution in [0.3, 0.4) is 0 Å². The zero-order valence-electron chi connectivity index (χ0n) is 12.9. The van der Waals surface area contributed by atoms with Crippen molar-refractivity contribution in [1.29, 1.82) is 0 Å². The quantitative estimate of drug-likeness (QED) is 0.879. The zero-order chi connectivity index (χ0) is 15.9. The van der Waals surface area contributed by atoms with E-state index in [0.29, 0.717) is 5.69 Å². The number of carbonyl (C=O) groups is 1. The molecule has 0 atom stereocenters. The maximum absolute atomic E-state index is 11.1. The fourth-order valence-electron chi connectivity index (χ4n) is 2.40. The Kier molecular flexibility index (Phi) is 3.80. The van der Waals surface area contributed by atoms with E-state index in [1.165, 1.54) is 5.56 Å². The number of aryl methyl sites for hydroxylation is 2. The molecule has 0 aliphatic heterocycles. The SMILES string of the molecule is Cc1cc(C(C)(C)C)cc(C)c1-c1nsc(C(=O)O)c1N. The highest BCUT2D eigenvalue weighted by Crippen LogP contribution is 2.37. The van der Waals surface area contributed by atoms with Crippen molar-refractivity contribution in [3.05, 3.63) is 33.7 Å². The van der Waals surface area contributed by atoms with Crippen LogP contribution < -0.4 is 5.73 Å². The Morgan fingerprint density at radius 2 is 1.76 bits per heavy atom. The Morgan fingerprint density at radius 3 is 2.14 bits per heavy atom.